The summed E-state index contributed by atoms with van der Waals surface area (Å²) in [6.07, 6.45) is 9.46. The molecular weight excluding hydrogens is 509 g/mol. The number of aromatic hydroxyl groups is 1. The summed E-state index contributed by atoms with van der Waals surface area (Å²) >= 11 is 11.3. The Labute approximate surface area is 230 Å². The number of carbonyl (C=O) groups is 1. The predicted octanol–water partition coefficient (Wildman–Crippen LogP) is 6.23. The van der Waals surface area contributed by atoms with Crippen LogP contribution in [0.2, 0.25) is 10.0 Å². The summed E-state index contributed by atoms with van der Waals surface area (Å²) in [6, 6.07) is 12.8. The van der Waals surface area contributed by atoms with Crippen molar-refractivity contribution in [3.63, 3.8) is 0 Å². The van der Waals surface area contributed by atoms with E-state index in [-0.39, 0.29) is 5.75 Å². The molecule has 0 bridgehead atoms. The van der Waals surface area contributed by atoms with Crippen LogP contribution >= 0.6 is 23.2 Å². The molecule has 3 heterocycles. The van der Waals surface area contributed by atoms with Crippen molar-refractivity contribution >= 4 is 40.4 Å². The maximum Gasteiger partial charge on any atom is 0.150 e. The highest BCUT2D eigenvalue weighted by molar-refractivity contribution is 6.42. The Kier molecular flexibility index (Phi) is 13.9. The Bertz CT molecular complexity index is 1100. The molecule has 6 nitrogen and oxygen atoms in total. The van der Waals surface area contributed by atoms with Crippen LogP contribution in [0, 0.1) is 6.92 Å². The first kappa shape index (κ1) is 31.0. The summed E-state index contributed by atoms with van der Waals surface area (Å²) in [7, 11) is 3.24. The third-order valence-electron chi connectivity index (χ3n) is 6.56. The molecular formula is C29H39Cl2N3O3. The van der Waals surface area contributed by atoms with Gasteiger partial charge in [-0.05, 0) is 108 Å². The number of nitrogens with zero attached hydrogens (tertiary/aromatic N) is 3. The number of carbonyl (C=O) groups excluding carboxylic acids is 1. The van der Waals surface area contributed by atoms with Crippen molar-refractivity contribution in [2.24, 2.45) is 0 Å². The molecule has 202 valence electrons. The maximum absolute atomic E-state index is 10.6. The van der Waals surface area contributed by atoms with Gasteiger partial charge in [0.2, 0.25) is 0 Å². The topological polar surface area (TPSA) is 76.9 Å². The molecule has 37 heavy (non-hydrogen) atoms. The fourth-order valence-electron chi connectivity index (χ4n) is 4.50. The Morgan fingerprint density at radius 3 is 2.19 bits per heavy atom. The van der Waals surface area contributed by atoms with Crippen molar-refractivity contribution in [3.05, 3.63) is 69.8 Å². The third kappa shape index (κ3) is 10.2. The zero-order valence-electron chi connectivity index (χ0n) is 22.0. The lowest BCUT2D eigenvalue weighted by Crippen LogP contribution is -2.45. The smallest absolute Gasteiger partial charge is 0.150 e. The molecule has 1 aromatic heterocycles. The molecule has 2 aromatic carbocycles. The summed E-state index contributed by atoms with van der Waals surface area (Å²) in [5, 5.41) is 18.1. The molecule has 5 rings (SSSR count). The van der Waals surface area contributed by atoms with Crippen LogP contribution in [0.3, 0.4) is 0 Å². The highest BCUT2D eigenvalue weighted by Gasteiger charge is 2.23. The lowest BCUT2D eigenvalue weighted by atomic mass is 10.0. The Balaban J connectivity index is 0.000000192. The van der Waals surface area contributed by atoms with Gasteiger partial charge in [0.05, 0.1) is 15.6 Å². The largest absolute Gasteiger partial charge is 0.508 e. The van der Waals surface area contributed by atoms with Crippen LogP contribution in [-0.4, -0.2) is 77.7 Å². The molecule has 8 heteroatoms. The first-order valence-corrected chi connectivity index (χ1v) is 13.4. The number of fused-ring (bicyclic) bond motifs is 1. The number of aryl methyl sites for hydroxylation is 1. The van der Waals surface area contributed by atoms with Crippen LogP contribution in [0.1, 0.15) is 48.0 Å². The molecule has 0 atom stereocenters. The number of likely N-dealkylation sites (tertiary alicyclic amines) is 2. The average molecular weight is 549 g/mol. The fraction of sp³-hybridized carbons (Fsp3) is 0.448. The van der Waals surface area contributed by atoms with E-state index in [1.165, 1.54) is 64.3 Å². The summed E-state index contributed by atoms with van der Waals surface area (Å²) in [5.41, 5.74) is 2.38. The lowest BCUT2D eigenvalue weighted by Gasteiger charge is -2.39. The normalized spacial score (nSPS) is 16.4. The number of pyridine rings is 1. The molecule has 2 aliphatic heterocycles. The molecule has 0 radical (unpaired) electrons. The van der Waals surface area contributed by atoms with Gasteiger partial charge < -0.3 is 20.0 Å². The number of aldehydes is 1. The summed E-state index contributed by atoms with van der Waals surface area (Å²) in [5.74, 6) is 0.142. The first-order valence-electron chi connectivity index (χ1n) is 12.7. The van der Waals surface area contributed by atoms with Gasteiger partial charge in [0.15, 0.2) is 6.29 Å². The lowest BCUT2D eigenvalue weighted by molar-refractivity contribution is 0.103. The van der Waals surface area contributed by atoms with Crippen LogP contribution in [0.15, 0.2) is 48.7 Å². The number of aliphatic hydroxyl groups excluding tert-OH is 1. The number of hydrogen-bond acceptors (Lipinski definition) is 6. The van der Waals surface area contributed by atoms with E-state index in [1.807, 2.05) is 19.1 Å². The van der Waals surface area contributed by atoms with E-state index in [0.717, 1.165) is 25.0 Å². The standard InChI is InChI=1S/C11H22N2.C10H7NO2.C7H6Cl2.CH4O/c1-12-9-5-11(6-10-12)13-7-3-2-4-8-13;12-6-7-3-4-11-10-2-1-8(13)5-9(7)10;1-5-2-3-6(8)7(9)4-5;1-2/h11H,2-10H2,1H3;1-6,13H;2-4H,1H3;2H,1H3. The van der Waals surface area contributed by atoms with E-state index in [2.05, 4.69) is 21.8 Å². The fourth-order valence-corrected chi connectivity index (χ4v) is 4.86. The van der Waals surface area contributed by atoms with E-state index in [0.29, 0.717) is 26.5 Å². The van der Waals surface area contributed by atoms with Gasteiger partial charge in [0.1, 0.15) is 5.75 Å². The second-order valence-electron chi connectivity index (χ2n) is 9.27. The molecule has 0 aliphatic carbocycles. The van der Waals surface area contributed by atoms with Crippen LogP contribution in [0.5, 0.6) is 5.75 Å². The van der Waals surface area contributed by atoms with Gasteiger partial charge in [0, 0.05) is 30.3 Å². The molecule has 0 amide bonds. The first-order chi connectivity index (χ1) is 17.9. The number of aromatic nitrogens is 1. The number of aliphatic hydroxyl groups is 1. The van der Waals surface area contributed by atoms with Gasteiger partial charge in [0.25, 0.3) is 0 Å². The maximum atomic E-state index is 10.6. The highest BCUT2D eigenvalue weighted by atomic mass is 35.5. The van der Waals surface area contributed by atoms with Crippen molar-refractivity contribution in [2.45, 2.75) is 45.1 Å². The summed E-state index contributed by atoms with van der Waals surface area (Å²) in [4.78, 5) is 19.9. The van der Waals surface area contributed by atoms with Gasteiger partial charge in [-0.3, -0.25) is 9.78 Å². The third-order valence-corrected chi connectivity index (χ3v) is 7.30. The second-order valence-corrected chi connectivity index (χ2v) is 10.1. The average Bonchev–Trinajstić information content (AvgIpc) is 2.93. The van der Waals surface area contributed by atoms with Crippen molar-refractivity contribution in [2.75, 3.05) is 40.3 Å². The van der Waals surface area contributed by atoms with Crippen LogP contribution < -0.4 is 0 Å². The van der Waals surface area contributed by atoms with Crippen LogP contribution in [0.25, 0.3) is 10.9 Å². The molecule has 0 spiro atoms. The van der Waals surface area contributed by atoms with E-state index in [9.17, 15) is 9.90 Å². The second kappa shape index (κ2) is 16.6. The van der Waals surface area contributed by atoms with E-state index < -0.39 is 0 Å². The Morgan fingerprint density at radius 1 is 0.919 bits per heavy atom. The minimum Gasteiger partial charge on any atom is -0.508 e. The number of piperidine rings is 2. The quantitative estimate of drug-likeness (QED) is 0.370. The number of phenols is 1. The van der Waals surface area contributed by atoms with Crippen molar-refractivity contribution in [1.29, 1.82) is 0 Å². The number of halogens is 2. The SMILES string of the molecule is CN1CCC(N2CCCCC2)CC1.CO.Cc1ccc(Cl)c(Cl)c1.O=Cc1ccnc2ccc(O)cc12. The molecule has 3 aromatic rings. The zero-order valence-corrected chi connectivity index (χ0v) is 23.5. The molecule has 2 aliphatic rings. The number of hydrogen-bond donors (Lipinski definition) is 2. The van der Waals surface area contributed by atoms with Crippen molar-refractivity contribution in [1.82, 2.24) is 14.8 Å². The molecule has 2 N–H and O–H groups in total. The van der Waals surface area contributed by atoms with E-state index in [4.69, 9.17) is 28.3 Å². The van der Waals surface area contributed by atoms with Crippen molar-refractivity contribution in [3.8, 4) is 5.75 Å². The van der Waals surface area contributed by atoms with Gasteiger partial charge in [-0.1, -0.05) is 35.7 Å². The number of benzene rings is 2. The molecule has 0 saturated carbocycles. The Hall–Kier alpha value is -2.22. The number of rotatable bonds is 2. The molecule has 0 unspecified atom stereocenters. The minimum atomic E-state index is 0.142. The monoisotopic (exact) mass is 547 g/mol. The molecule has 2 saturated heterocycles. The van der Waals surface area contributed by atoms with E-state index >= 15 is 0 Å². The van der Waals surface area contributed by atoms with Crippen LogP contribution in [-0.2, 0) is 0 Å². The van der Waals surface area contributed by atoms with E-state index in [1.54, 1.807) is 30.5 Å². The predicted molar refractivity (Wildman–Crippen MR) is 154 cm³/mol. The van der Waals surface area contributed by atoms with Gasteiger partial charge >= 0.3 is 0 Å². The highest BCUT2D eigenvalue weighted by Crippen LogP contribution is 2.22. The van der Waals surface area contributed by atoms with Gasteiger partial charge in [-0.15, -0.1) is 0 Å². The Morgan fingerprint density at radius 2 is 1.59 bits per heavy atom. The number of phenolic OH excluding ortho intramolecular Hbond substituents is 1. The van der Waals surface area contributed by atoms with Crippen molar-refractivity contribution < 1.29 is 15.0 Å². The summed E-state index contributed by atoms with van der Waals surface area (Å²) in [6.45, 7) is 7.33. The summed E-state index contributed by atoms with van der Waals surface area (Å²) < 4.78 is 0. The van der Waals surface area contributed by atoms with Crippen LogP contribution in [0.4, 0.5) is 0 Å². The molecule has 2 fully saturated rings. The zero-order chi connectivity index (χ0) is 27.2. The van der Waals surface area contributed by atoms with Gasteiger partial charge in [-0.2, -0.15) is 0 Å². The minimum absolute atomic E-state index is 0.142. The van der Waals surface area contributed by atoms with Gasteiger partial charge in [-0.25, -0.2) is 0 Å².